The Morgan fingerprint density at radius 2 is 1.27 bits per heavy atom. The van der Waals surface area contributed by atoms with Gasteiger partial charge in [-0.1, -0.05) is 129 Å². The molecule has 0 spiro atoms. The Hall–Kier alpha value is -3.87. The van der Waals surface area contributed by atoms with E-state index in [-0.39, 0.29) is 36.2 Å². The zero-order chi connectivity index (χ0) is 30.3. The lowest BCUT2D eigenvalue weighted by Gasteiger charge is -2.25. The summed E-state index contributed by atoms with van der Waals surface area (Å²) in [4.78, 5) is 34.9. The molecule has 6 heteroatoms. The Kier molecular flexibility index (Phi) is 18.8. The van der Waals surface area contributed by atoms with Crippen molar-refractivity contribution in [3.05, 3.63) is 122 Å². The topological polar surface area (TPSA) is 104 Å². The number of ketones is 2. The third-order valence-corrected chi connectivity index (χ3v) is 6.32. The Balaban J connectivity index is 2.28. The fourth-order valence-electron chi connectivity index (χ4n) is 3.79. The first kappa shape index (κ1) is 35.2. The number of nitrogens with one attached hydrogen (secondary N) is 1. The zero-order valence-electron chi connectivity index (χ0n) is 24.4. The van der Waals surface area contributed by atoms with E-state index < -0.39 is 24.2 Å². The van der Waals surface area contributed by atoms with Crippen LogP contribution in [-0.2, 0) is 14.4 Å². The molecule has 0 saturated heterocycles. The van der Waals surface area contributed by atoms with Crippen molar-refractivity contribution >= 4 is 17.5 Å². The van der Waals surface area contributed by atoms with Crippen LogP contribution in [0.1, 0.15) is 46.5 Å². The van der Waals surface area contributed by atoms with Gasteiger partial charge in [0.2, 0.25) is 5.91 Å². The number of hydrogen-bond acceptors (Lipinski definition) is 5. The molecule has 0 radical (unpaired) electrons. The number of allylic oxidation sites excluding steroid dienone is 17. The highest BCUT2D eigenvalue weighted by molar-refractivity contribution is 6.14. The van der Waals surface area contributed by atoms with Crippen molar-refractivity contribution in [3.63, 3.8) is 0 Å². The molecule has 1 aliphatic rings. The average molecular weight is 560 g/mol. The highest BCUT2D eigenvalue weighted by atomic mass is 16.3. The van der Waals surface area contributed by atoms with E-state index >= 15 is 0 Å². The van der Waals surface area contributed by atoms with Crippen LogP contribution >= 0.6 is 0 Å². The fourth-order valence-corrected chi connectivity index (χ4v) is 3.79. The van der Waals surface area contributed by atoms with E-state index in [1.807, 2.05) is 106 Å². The minimum absolute atomic E-state index is 0.0845. The molecule has 0 aromatic carbocycles. The van der Waals surface area contributed by atoms with Crippen molar-refractivity contribution in [1.82, 2.24) is 5.32 Å². The molecule has 0 aromatic rings. The maximum Gasteiger partial charge on any atom is 0.244 e. The number of rotatable bonds is 17. The lowest BCUT2D eigenvalue weighted by molar-refractivity contribution is -0.129. The van der Waals surface area contributed by atoms with Crippen molar-refractivity contribution in [2.24, 2.45) is 11.8 Å². The zero-order valence-corrected chi connectivity index (χ0v) is 24.4. The number of aliphatic hydroxyl groups excluding tert-OH is 2. The molecule has 0 heterocycles. The first-order valence-corrected chi connectivity index (χ1v) is 14.1. The molecular weight excluding hydrogens is 514 g/mol. The summed E-state index contributed by atoms with van der Waals surface area (Å²) in [5, 5.41) is 23.4. The van der Waals surface area contributed by atoms with Gasteiger partial charge in [-0.15, -0.1) is 0 Å². The van der Waals surface area contributed by atoms with Crippen LogP contribution in [0.2, 0.25) is 0 Å². The number of Topliss-reactive ketones (excluding diaryl/α,β-unsaturated/α-hetero) is 2. The van der Waals surface area contributed by atoms with Gasteiger partial charge in [0.25, 0.3) is 0 Å². The van der Waals surface area contributed by atoms with Gasteiger partial charge in [-0.2, -0.15) is 0 Å². The van der Waals surface area contributed by atoms with Crippen LogP contribution in [0, 0.1) is 11.8 Å². The van der Waals surface area contributed by atoms with Gasteiger partial charge in [0.15, 0.2) is 11.6 Å². The highest BCUT2D eigenvalue weighted by Crippen LogP contribution is 2.19. The maximum absolute atomic E-state index is 11.8. The molecule has 1 amide bonds. The van der Waals surface area contributed by atoms with Crippen molar-refractivity contribution < 1.29 is 24.6 Å². The Morgan fingerprint density at radius 3 is 1.88 bits per heavy atom. The van der Waals surface area contributed by atoms with Crippen LogP contribution in [-0.4, -0.2) is 45.9 Å². The van der Waals surface area contributed by atoms with Crippen LogP contribution in [0.15, 0.2) is 122 Å². The summed E-state index contributed by atoms with van der Waals surface area (Å²) in [5.41, 5.74) is 0. The molecule has 6 nitrogen and oxygen atoms in total. The Morgan fingerprint density at radius 1 is 0.756 bits per heavy atom. The van der Waals surface area contributed by atoms with E-state index in [2.05, 4.69) is 5.32 Å². The first-order chi connectivity index (χ1) is 19.8. The largest absolute Gasteiger partial charge is 0.392 e. The summed E-state index contributed by atoms with van der Waals surface area (Å²) in [6.07, 6.45) is 37.5. The number of unbranched alkanes of at least 4 members (excludes halogenated alkanes) is 1. The standard InChI is InChI=1S/C35H45NO5/c1-4-5-6-7-8-11-15-18-21-24-30(37)29(3)35(41)28(2)23-20-17-14-12-9-10-13-16-19-22-25-33(40)36-34-31(38)26-27-32(34)39/h4-13,15-16,18-25,28-30,34-35,37,41H,14,17,26-27H2,1-3H3,(H,36,40)/b5-4?,7-6?,11-8?,12-9+,13-10+,18-15?,19-16?,23-20?,24-21?,25-22?. The van der Waals surface area contributed by atoms with Gasteiger partial charge >= 0.3 is 0 Å². The fraction of sp³-hybridized carbons (Fsp3) is 0.343. The summed E-state index contributed by atoms with van der Waals surface area (Å²) in [7, 11) is 0. The van der Waals surface area contributed by atoms with Crippen LogP contribution in [0.3, 0.4) is 0 Å². The third-order valence-electron chi connectivity index (χ3n) is 6.32. The van der Waals surface area contributed by atoms with E-state index in [1.165, 1.54) is 6.08 Å². The molecule has 0 bridgehead atoms. The van der Waals surface area contributed by atoms with E-state index in [9.17, 15) is 24.6 Å². The van der Waals surface area contributed by atoms with Crippen molar-refractivity contribution in [1.29, 1.82) is 0 Å². The van der Waals surface area contributed by atoms with Gasteiger partial charge in [-0.25, -0.2) is 0 Å². The van der Waals surface area contributed by atoms with E-state index in [4.69, 9.17) is 0 Å². The van der Waals surface area contributed by atoms with Crippen LogP contribution in [0.5, 0.6) is 0 Å². The van der Waals surface area contributed by atoms with E-state index in [1.54, 1.807) is 30.4 Å². The molecular formula is C35H45NO5. The second kappa shape index (κ2) is 21.9. The van der Waals surface area contributed by atoms with Crippen molar-refractivity contribution in [2.45, 2.75) is 64.7 Å². The van der Waals surface area contributed by atoms with Gasteiger partial charge in [-0.3, -0.25) is 14.4 Å². The van der Waals surface area contributed by atoms with Gasteiger partial charge in [-0.05, 0) is 19.8 Å². The normalized spacial score (nSPS) is 19.0. The van der Waals surface area contributed by atoms with Crippen molar-refractivity contribution in [2.75, 3.05) is 0 Å². The smallest absolute Gasteiger partial charge is 0.244 e. The van der Waals surface area contributed by atoms with E-state index in [0.29, 0.717) is 0 Å². The molecule has 0 aliphatic heterocycles. The third kappa shape index (κ3) is 16.1. The predicted octanol–water partition coefficient (Wildman–Crippen LogP) is 5.76. The molecule has 41 heavy (non-hydrogen) atoms. The lowest BCUT2D eigenvalue weighted by Crippen LogP contribution is -2.41. The monoisotopic (exact) mass is 559 g/mol. The minimum Gasteiger partial charge on any atom is -0.392 e. The van der Waals surface area contributed by atoms with Crippen LogP contribution < -0.4 is 5.32 Å². The molecule has 4 atom stereocenters. The van der Waals surface area contributed by atoms with Gasteiger partial charge in [0, 0.05) is 30.8 Å². The molecule has 1 rings (SSSR count). The number of amides is 1. The first-order valence-electron chi connectivity index (χ1n) is 14.1. The van der Waals surface area contributed by atoms with Gasteiger partial charge < -0.3 is 15.5 Å². The number of carbonyl (C=O) groups is 3. The van der Waals surface area contributed by atoms with Crippen LogP contribution in [0.25, 0.3) is 0 Å². The summed E-state index contributed by atoms with van der Waals surface area (Å²) in [6, 6.07) is -0.995. The maximum atomic E-state index is 11.8. The lowest BCUT2D eigenvalue weighted by atomic mass is 9.88. The molecule has 0 aromatic heterocycles. The molecule has 220 valence electrons. The molecule has 1 fully saturated rings. The average Bonchev–Trinajstić information content (AvgIpc) is 3.27. The second-order valence-electron chi connectivity index (χ2n) is 9.70. The molecule has 1 aliphatic carbocycles. The second-order valence-corrected chi connectivity index (χ2v) is 9.70. The van der Waals surface area contributed by atoms with Crippen molar-refractivity contribution in [3.8, 4) is 0 Å². The highest BCUT2D eigenvalue weighted by Gasteiger charge is 2.33. The quantitative estimate of drug-likeness (QED) is 0.0691. The molecule has 3 N–H and O–H groups in total. The SMILES string of the molecule is CC=CC=CC=CC=CC=CC(O)C(C)C(O)C(C)C=CCC/C=C/C=C/C=CC=CC(=O)NC1C(=O)CCC1=O. The molecule has 1 saturated carbocycles. The number of aliphatic hydroxyl groups is 2. The number of hydrogen-bond donors (Lipinski definition) is 3. The molecule has 4 unspecified atom stereocenters. The van der Waals surface area contributed by atoms with Gasteiger partial charge in [0.05, 0.1) is 12.2 Å². The predicted molar refractivity (Wildman–Crippen MR) is 168 cm³/mol. The van der Waals surface area contributed by atoms with Gasteiger partial charge in [0.1, 0.15) is 6.04 Å². The Labute approximate surface area is 245 Å². The Bertz CT molecular complexity index is 1100. The summed E-state index contributed by atoms with van der Waals surface area (Å²) < 4.78 is 0. The minimum atomic E-state index is -0.995. The number of carbonyl (C=O) groups excluding carboxylic acids is 3. The van der Waals surface area contributed by atoms with Crippen LogP contribution in [0.4, 0.5) is 0 Å². The summed E-state index contributed by atoms with van der Waals surface area (Å²) in [6.45, 7) is 5.75. The van der Waals surface area contributed by atoms with E-state index in [0.717, 1.165) is 12.8 Å². The summed E-state index contributed by atoms with van der Waals surface area (Å²) >= 11 is 0. The summed E-state index contributed by atoms with van der Waals surface area (Å²) in [5.74, 6) is -1.33.